The second-order valence-electron chi connectivity index (χ2n) is 5.24. The summed E-state index contributed by atoms with van der Waals surface area (Å²) >= 11 is 0. The second kappa shape index (κ2) is 6.58. The molecule has 6 heteroatoms. The highest BCUT2D eigenvalue weighted by Crippen LogP contribution is 2.17. The number of nitrogens with one attached hydrogen (secondary N) is 2. The van der Waals surface area contributed by atoms with Crippen LogP contribution in [0, 0.1) is 5.82 Å². The minimum atomic E-state index is -0.563. The standard InChI is InChI=1S/C17H16FN3O2/c18-13-5-3-11(4-6-13)15(10-22)21-16(23)8-12-9-20-17-14(12)2-1-7-19-17/h1-7,9,15,22H,8,10H2,(H,19,20)(H,21,23). The number of amides is 1. The average molecular weight is 313 g/mol. The number of hydrogen-bond acceptors (Lipinski definition) is 3. The fourth-order valence-corrected chi connectivity index (χ4v) is 2.51. The molecule has 0 saturated heterocycles. The van der Waals surface area contributed by atoms with Crippen LogP contribution in [0.4, 0.5) is 4.39 Å². The van der Waals surface area contributed by atoms with E-state index >= 15 is 0 Å². The van der Waals surface area contributed by atoms with Crippen LogP contribution < -0.4 is 5.32 Å². The van der Waals surface area contributed by atoms with E-state index < -0.39 is 6.04 Å². The SMILES string of the molecule is O=C(Cc1c[nH]c2ncccc12)NC(CO)c1ccc(F)cc1. The molecule has 0 saturated carbocycles. The molecule has 0 bridgehead atoms. The van der Waals surface area contributed by atoms with Gasteiger partial charge in [-0.2, -0.15) is 0 Å². The van der Waals surface area contributed by atoms with E-state index in [1.807, 2.05) is 12.1 Å². The highest BCUT2D eigenvalue weighted by Gasteiger charge is 2.15. The number of halogens is 1. The lowest BCUT2D eigenvalue weighted by Crippen LogP contribution is -2.31. The Bertz CT molecular complexity index is 814. The van der Waals surface area contributed by atoms with Gasteiger partial charge in [-0.1, -0.05) is 12.1 Å². The first-order valence-corrected chi connectivity index (χ1v) is 7.24. The fraction of sp³-hybridized carbons (Fsp3) is 0.176. The smallest absolute Gasteiger partial charge is 0.225 e. The van der Waals surface area contributed by atoms with E-state index in [0.29, 0.717) is 5.56 Å². The van der Waals surface area contributed by atoms with Crippen LogP contribution >= 0.6 is 0 Å². The van der Waals surface area contributed by atoms with Gasteiger partial charge in [0.05, 0.1) is 19.1 Å². The third-order valence-electron chi connectivity index (χ3n) is 3.68. The van der Waals surface area contributed by atoms with Crippen molar-refractivity contribution in [3.63, 3.8) is 0 Å². The molecule has 23 heavy (non-hydrogen) atoms. The quantitative estimate of drug-likeness (QED) is 0.675. The lowest BCUT2D eigenvalue weighted by Gasteiger charge is -2.16. The Labute approximate surface area is 132 Å². The van der Waals surface area contributed by atoms with Gasteiger partial charge in [0.15, 0.2) is 0 Å². The Morgan fingerprint density at radius 1 is 1.30 bits per heavy atom. The number of aromatic amines is 1. The van der Waals surface area contributed by atoms with Crippen molar-refractivity contribution >= 4 is 16.9 Å². The number of fused-ring (bicyclic) bond motifs is 1. The second-order valence-corrected chi connectivity index (χ2v) is 5.24. The fourth-order valence-electron chi connectivity index (χ4n) is 2.51. The van der Waals surface area contributed by atoms with Gasteiger partial charge >= 0.3 is 0 Å². The Kier molecular flexibility index (Phi) is 4.34. The largest absolute Gasteiger partial charge is 0.394 e. The first-order chi connectivity index (χ1) is 11.2. The predicted octanol–water partition coefficient (Wildman–Crippen LogP) is 2.09. The zero-order chi connectivity index (χ0) is 16.2. The maximum absolute atomic E-state index is 13.0. The zero-order valence-corrected chi connectivity index (χ0v) is 12.3. The molecule has 0 fully saturated rings. The molecule has 1 aromatic carbocycles. The Morgan fingerprint density at radius 3 is 2.83 bits per heavy atom. The number of hydrogen-bond donors (Lipinski definition) is 3. The van der Waals surface area contributed by atoms with Gasteiger partial charge in [0.1, 0.15) is 11.5 Å². The topological polar surface area (TPSA) is 78.0 Å². The highest BCUT2D eigenvalue weighted by atomic mass is 19.1. The summed E-state index contributed by atoms with van der Waals surface area (Å²) in [7, 11) is 0. The molecule has 5 nitrogen and oxygen atoms in total. The minimum Gasteiger partial charge on any atom is -0.394 e. The lowest BCUT2D eigenvalue weighted by molar-refractivity contribution is -0.121. The molecule has 0 aliphatic carbocycles. The van der Waals surface area contributed by atoms with Gasteiger partial charge in [0.2, 0.25) is 5.91 Å². The summed E-state index contributed by atoms with van der Waals surface area (Å²) < 4.78 is 13.0. The molecule has 1 unspecified atom stereocenters. The summed E-state index contributed by atoms with van der Waals surface area (Å²) in [6, 6.07) is 8.84. The van der Waals surface area contributed by atoms with Crippen molar-refractivity contribution in [2.24, 2.45) is 0 Å². The summed E-state index contributed by atoms with van der Waals surface area (Å²) in [4.78, 5) is 19.4. The summed E-state index contributed by atoms with van der Waals surface area (Å²) in [6.45, 7) is -0.257. The van der Waals surface area contributed by atoms with Gasteiger partial charge in [-0.05, 0) is 35.4 Å². The molecule has 1 atom stereocenters. The van der Waals surface area contributed by atoms with Gasteiger partial charge in [-0.25, -0.2) is 9.37 Å². The number of pyridine rings is 1. The van der Waals surface area contributed by atoms with Gasteiger partial charge in [-0.15, -0.1) is 0 Å². The van der Waals surface area contributed by atoms with Gasteiger partial charge < -0.3 is 15.4 Å². The van der Waals surface area contributed by atoms with Gasteiger partial charge in [0, 0.05) is 17.8 Å². The number of benzene rings is 1. The molecule has 3 N–H and O–H groups in total. The predicted molar refractivity (Wildman–Crippen MR) is 84.2 cm³/mol. The number of rotatable bonds is 5. The number of aromatic nitrogens is 2. The Morgan fingerprint density at radius 2 is 2.09 bits per heavy atom. The van der Waals surface area contributed by atoms with Crippen molar-refractivity contribution in [2.75, 3.05) is 6.61 Å². The van der Waals surface area contributed by atoms with E-state index in [-0.39, 0.29) is 24.8 Å². The van der Waals surface area contributed by atoms with Crippen molar-refractivity contribution in [1.29, 1.82) is 0 Å². The van der Waals surface area contributed by atoms with Crippen LogP contribution in [0.1, 0.15) is 17.2 Å². The minimum absolute atomic E-state index is 0.170. The number of aliphatic hydroxyl groups is 1. The van der Waals surface area contributed by atoms with Crippen LogP contribution in [0.2, 0.25) is 0 Å². The molecular formula is C17H16FN3O2. The molecule has 1 amide bonds. The van der Waals surface area contributed by atoms with Crippen molar-refractivity contribution < 1.29 is 14.3 Å². The van der Waals surface area contributed by atoms with Gasteiger partial charge in [-0.3, -0.25) is 4.79 Å². The van der Waals surface area contributed by atoms with E-state index in [2.05, 4.69) is 15.3 Å². The number of aliphatic hydroxyl groups excluding tert-OH is 1. The third kappa shape index (κ3) is 3.37. The normalized spacial score (nSPS) is 12.3. The summed E-state index contributed by atoms with van der Waals surface area (Å²) in [5.74, 6) is -0.582. The third-order valence-corrected chi connectivity index (χ3v) is 3.68. The van der Waals surface area contributed by atoms with E-state index in [4.69, 9.17) is 0 Å². The van der Waals surface area contributed by atoms with Crippen LogP contribution in [0.15, 0.2) is 48.8 Å². The van der Waals surface area contributed by atoms with Gasteiger partial charge in [0.25, 0.3) is 0 Å². The molecule has 118 valence electrons. The Hall–Kier alpha value is -2.73. The average Bonchev–Trinajstić information content (AvgIpc) is 2.97. The number of carbonyl (C=O) groups is 1. The maximum Gasteiger partial charge on any atom is 0.225 e. The van der Waals surface area contributed by atoms with E-state index in [1.54, 1.807) is 24.5 Å². The van der Waals surface area contributed by atoms with Crippen LogP contribution in [-0.4, -0.2) is 27.6 Å². The summed E-state index contributed by atoms with van der Waals surface area (Å²) in [5.41, 5.74) is 2.22. The molecule has 3 rings (SSSR count). The van der Waals surface area contributed by atoms with E-state index in [9.17, 15) is 14.3 Å². The highest BCUT2D eigenvalue weighted by molar-refractivity contribution is 5.87. The van der Waals surface area contributed by atoms with Crippen molar-refractivity contribution in [3.8, 4) is 0 Å². The molecule has 0 spiro atoms. The molecule has 2 aromatic heterocycles. The number of H-pyrrole nitrogens is 1. The lowest BCUT2D eigenvalue weighted by atomic mass is 10.1. The molecule has 2 heterocycles. The molecule has 0 radical (unpaired) electrons. The van der Waals surface area contributed by atoms with Crippen molar-refractivity contribution in [1.82, 2.24) is 15.3 Å². The van der Waals surface area contributed by atoms with E-state index in [0.717, 1.165) is 16.6 Å². The summed E-state index contributed by atoms with van der Waals surface area (Å²) in [5, 5.41) is 13.1. The van der Waals surface area contributed by atoms with Crippen LogP contribution in [0.25, 0.3) is 11.0 Å². The van der Waals surface area contributed by atoms with Crippen LogP contribution in [0.5, 0.6) is 0 Å². The molecule has 0 aliphatic rings. The monoisotopic (exact) mass is 313 g/mol. The summed E-state index contributed by atoms with van der Waals surface area (Å²) in [6.07, 6.45) is 3.60. The van der Waals surface area contributed by atoms with E-state index in [1.165, 1.54) is 12.1 Å². The van der Waals surface area contributed by atoms with Crippen molar-refractivity contribution in [2.45, 2.75) is 12.5 Å². The molecule has 0 aliphatic heterocycles. The first kappa shape index (κ1) is 15.2. The Balaban J connectivity index is 1.71. The van der Waals surface area contributed by atoms with Crippen LogP contribution in [0.3, 0.4) is 0 Å². The number of carbonyl (C=O) groups excluding carboxylic acids is 1. The van der Waals surface area contributed by atoms with Crippen LogP contribution in [-0.2, 0) is 11.2 Å². The number of nitrogens with zero attached hydrogens (tertiary/aromatic N) is 1. The van der Waals surface area contributed by atoms with Crippen molar-refractivity contribution in [3.05, 3.63) is 65.7 Å². The molecular weight excluding hydrogens is 297 g/mol. The zero-order valence-electron chi connectivity index (χ0n) is 12.3. The maximum atomic E-state index is 13.0. The first-order valence-electron chi connectivity index (χ1n) is 7.24. The molecule has 3 aromatic rings.